The molecular weight excluding hydrogens is 257 g/mol. The van der Waals surface area contributed by atoms with Crippen molar-refractivity contribution < 1.29 is 13.9 Å². The molecule has 1 saturated carbocycles. The number of halogens is 1. The quantitative estimate of drug-likeness (QED) is 0.896. The molecule has 0 radical (unpaired) electrons. The summed E-state index contributed by atoms with van der Waals surface area (Å²) in [6, 6.07) is 4.59. The highest BCUT2D eigenvalue weighted by Gasteiger charge is 2.41. The largest absolute Gasteiger partial charge is 0.496 e. The Bertz CT molecular complexity index is 444. The van der Waals surface area contributed by atoms with Gasteiger partial charge < -0.3 is 14.8 Å². The van der Waals surface area contributed by atoms with Crippen LogP contribution in [0.3, 0.4) is 0 Å². The molecule has 1 atom stereocenters. The summed E-state index contributed by atoms with van der Waals surface area (Å²) in [4.78, 5) is 0. The number of hydrogen-bond donors (Lipinski definition) is 1. The van der Waals surface area contributed by atoms with E-state index in [1.165, 1.54) is 12.5 Å². The number of likely N-dealkylation sites (N-methyl/N-ethyl adjacent to an activating group) is 1. The second-order valence-corrected chi connectivity index (χ2v) is 5.44. The molecule has 1 N–H and O–H groups in total. The van der Waals surface area contributed by atoms with Gasteiger partial charge in [0.25, 0.3) is 0 Å². The first-order chi connectivity index (χ1) is 9.66. The fourth-order valence-corrected chi connectivity index (χ4v) is 3.39. The fraction of sp³-hybridized carbons (Fsp3) is 0.625. The van der Waals surface area contributed by atoms with Crippen molar-refractivity contribution in [3.63, 3.8) is 0 Å². The third-order valence-corrected chi connectivity index (χ3v) is 4.42. The molecule has 1 fully saturated rings. The Hall–Kier alpha value is -1.13. The van der Waals surface area contributed by atoms with Crippen LogP contribution in [0.25, 0.3) is 0 Å². The monoisotopic (exact) mass is 281 g/mol. The number of hydrogen-bond acceptors (Lipinski definition) is 3. The van der Waals surface area contributed by atoms with E-state index >= 15 is 0 Å². The van der Waals surface area contributed by atoms with Crippen LogP contribution >= 0.6 is 0 Å². The molecule has 20 heavy (non-hydrogen) atoms. The molecule has 112 valence electrons. The Balaban J connectivity index is 2.42. The van der Waals surface area contributed by atoms with Gasteiger partial charge in [-0.1, -0.05) is 19.3 Å². The van der Waals surface area contributed by atoms with Crippen molar-refractivity contribution in [3.8, 4) is 5.75 Å². The number of ether oxygens (including phenoxy) is 2. The van der Waals surface area contributed by atoms with Gasteiger partial charge in [-0.2, -0.15) is 0 Å². The van der Waals surface area contributed by atoms with E-state index in [4.69, 9.17) is 9.47 Å². The molecule has 3 nitrogen and oxygen atoms in total. The van der Waals surface area contributed by atoms with Crippen molar-refractivity contribution in [1.29, 1.82) is 0 Å². The average molecular weight is 281 g/mol. The third-order valence-electron chi connectivity index (χ3n) is 4.42. The molecule has 1 aliphatic carbocycles. The van der Waals surface area contributed by atoms with Crippen molar-refractivity contribution >= 4 is 0 Å². The smallest absolute Gasteiger partial charge is 0.123 e. The highest BCUT2D eigenvalue weighted by molar-refractivity contribution is 5.38. The fourth-order valence-electron chi connectivity index (χ4n) is 3.39. The van der Waals surface area contributed by atoms with Crippen molar-refractivity contribution in [2.45, 2.75) is 43.7 Å². The summed E-state index contributed by atoms with van der Waals surface area (Å²) in [6.45, 7) is 0. The summed E-state index contributed by atoms with van der Waals surface area (Å²) < 4.78 is 24.9. The van der Waals surface area contributed by atoms with Crippen LogP contribution in [0.15, 0.2) is 18.2 Å². The predicted molar refractivity (Wildman–Crippen MR) is 77.6 cm³/mol. The van der Waals surface area contributed by atoms with E-state index < -0.39 is 0 Å². The lowest BCUT2D eigenvalue weighted by Gasteiger charge is -2.43. The van der Waals surface area contributed by atoms with E-state index in [1.54, 1.807) is 26.4 Å². The van der Waals surface area contributed by atoms with Gasteiger partial charge in [0.05, 0.1) is 18.8 Å². The van der Waals surface area contributed by atoms with Crippen LogP contribution in [-0.4, -0.2) is 26.9 Å². The Morgan fingerprint density at radius 3 is 2.45 bits per heavy atom. The van der Waals surface area contributed by atoms with Crippen LogP contribution in [0.4, 0.5) is 4.39 Å². The van der Waals surface area contributed by atoms with Crippen LogP contribution in [0.1, 0.15) is 43.7 Å². The number of methoxy groups -OCH3 is 2. The van der Waals surface area contributed by atoms with Crippen LogP contribution in [0, 0.1) is 5.82 Å². The van der Waals surface area contributed by atoms with Gasteiger partial charge in [0, 0.05) is 12.7 Å². The molecule has 1 aromatic rings. The van der Waals surface area contributed by atoms with Gasteiger partial charge in [0.15, 0.2) is 0 Å². The third kappa shape index (κ3) is 2.81. The summed E-state index contributed by atoms with van der Waals surface area (Å²) in [7, 11) is 5.26. The van der Waals surface area contributed by atoms with Gasteiger partial charge in [-0.25, -0.2) is 4.39 Å². The Morgan fingerprint density at radius 1 is 1.20 bits per heavy atom. The normalized spacial score (nSPS) is 19.6. The molecule has 0 bridgehead atoms. The lowest BCUT2D eigenvalue weighted by Crippen LogP contribution is -2.46. The standard InChI is InChI=1S/C16H24FNO2/c1-18-15(16(20-3)9-5-4-6-10-16)13-11-12(17)7-8-14(13)19-2/h7-8,11,15,18H,4-6,9-10H2,1-3H3. The molecule has 1 aliphatic rings. The van der Waals surface area contributed by atoms with E-state index in [1.807, 2.05) is 7.05 Å². The van der Waals surface area contributed by atoms with Crippen LogP contribution in [0.5, 0.6) is 5.75 Å². The summed E-state index contributed by atoms with van der Waals surface area (Å²) in [5, 5.41) is 3.31. The zero-order valence-corrected chi connectivity index (χ0v) is 12.5. The number of benzene rings is 1. The first-order valence-electron chi connectivity index (χ1n) is 7.22. The van der Waals surface area contributed by atoms with Crippen molar-refractivity contribution in [3.05, 3.63) is 29.6 Å². The van der Waals surface area contributed by atoms with Gasteiger partial charge >= 0.3 is 0 Å². The summed E-state index contributed by atoms with van der Waals surface area (Å²) >= 11 is 0. The SMILES string of the molecule is CNC(c1cc(F)ccc1OC)C1(OC)CCCCC1. The lowest BCUT2D eigenvalue weighted by molar-refractivity contribution is -0.0676. The van der Waals surface area contributed by atoms with E-state index in [9.17, 15) is 4.39 Å². The maximum Gasteiger partial charge on any atom is 0.123 e. The zero-order valence-electron chi connectivity index (χ0n) is 12.5. The predicted octanol–water partition coefficient (Wildman–Crippen LogP) is 3.44. The van der Waals surface area contributed by atoms with Gasteiger partial charge in [-0.3, -0.25) is 0 Å². The second kappa shape index (κ2) is 6.55. The minimum atomic E-state index is -0.284. The highest BCUT2D eigenvalue weighted by atomic mass is 19.1. The molecule has 0 saturated heterocycles. The van der Waals surface area contributed by atoms with Gasteiger partial charge in [0.1, 0.15) is 11.6 Å². The molecule has 1 aromatic carbocycles. The molecule has 0 spiro atoms. The van der Waals surface area contributed by atoms with E-state index in [-0.39, 0.29) is 17.5 Å². The average Bonchev–Trinajstić information content (AvgIpc) is 2.49. The van der Waals surface area contributed by atoms with E-state index in [0.29, 0.717) is 5.75 Å². The molecule has 1 unspecified atom stereocenters. The molecule has 4 heteroatoms. The van der Waals surface area contributed by atoms with Crippen LogP contribution in [0.2, 0.25) is 0 Å². The second-order valence-electron chi connectivity index (χ2n) is 5.44. The van der Waals surface area contributed by atoms with E-state index in [2.05, 4.69) is 5.32 Å². The summed E-state index contributed by atoms with van der Waals surface area (Å²) in [5.74, 6) is 0.455. The highest BCUT2D eigenvalue weighted by Crippen LogP contribution is 2.43. The molecule has 0 heterocycles. The van der Waals surface area contributed by atoms with Crippen LogP contribution in [-0.2, 0) is 4.74 Å². The van der Waals surface area contributed by atoms with Crippen molar-refractivity contribution in [2.75, 3.05) is 21.3 Å². The maximum absolute atomic E-state index is 13.7. The Labute approximate surface area is 120 Å². The molecule has 0 aromatic heterocycles. The molecule has 0 amide bonds. The van der Waals surface area contributed by atoms with Gasteiger partial charge in [0.2, 0.25) is 0 Å². The molecular formula is C16H24FNO2. The summed E-state index contributed by atoms with van der Waals surface area (Å²) in [5.41, 5.74) is 0.549. The Kier molecular flexibility index (Phi) is 5.00. The van der Waals surface area contributed by atoms with Gasteiger partial charge in [-0.05, 0) is 38.1 Å². The number of rotatable bonds is 5. The topological polar surface area (TPSA) is 30.5 Å². The van der Waals surface area contributed by atoms with Gasteiger partial charge in [-0.15, -0.1) is 0 Å². The molecule has 0 aliphatic heterocycles. The van der Waals surface area contributed by atoms with Crippen LogP contribution < -0.4 is 10.1 Å². The van der Waals surface area contributed by atoms with E-state index in [0.717, 1.165) is 31.2 Å². The lowest BCUT2D eigenvalue weighted by atomic mass is 9.76. The zero-order chi connectivity index (χ0) is 14.6. The van der Waals surface area contributed by atoms with Crippen molar-refractivity contribution in [2.24, 2.45) is 0 Å². The summed E-state index contributed by atoms with van der Waals surface area (Å²) in [6.07, 6.45) is 5.48. The minimum Gasteiger partial charge on any atom is -0.496 e. The molecule has 2 rings (SSSR count). The van der Waals surface area contributed by atoms with Crippen molar-refractivity contribution in [1.82, 2.24) is 5.32 Å². The maximum atomic E-state index is 13.7. The first-order valence-corrected chi connectivity index (χ1v) is 7.22. The first kappa shape index (κ1) is 15.3. The number of nitrogens with one attached hydrogen (secondary N) is 1. The Morgan fingerprint density at radius 2 is 1.90 bits per heavy atom. The minimum absolute atomic E-state index is 0.0709.